The summed E-state index contributed by atoms with van der Waals surface area (Å²) in [6, 6.07) is 0. The lowest BCUT2D eigenvalue weighted by atomic mass is 10.1. The smallest absolute Gasteiger partial charge is 0.365 e. The van der Waals surface area contributed by atoms with E-state index in [2.05, 4.69) is 10.3 Å². The number of carboxylic acid groups (broad SMARTS) is 1. The molecule has 0 aromatic carbocycles. The van der Waals surface area contributed by atoms with Gasteiger partial charge in [0.25, 0.3) is 0 Å². The van der Waals surface area contributed by atoms with Crippen LogP contribution in [-0.4, -0.2) is 46.5 Å². The maximum atomic E-state index is 11.9. The van der Waals surface area contributed by atoms with Crippen LogP contribution in [0.2, 0.25) is 0 Å². The van der Waals surface area contributed by atoms with Crippen molar-refractivity contribution < 1.29 is 14.7 Å². The molecular formula is C13H19N3O3S. The highest BCUT2D eigenvalue weighted by Crippen LogP contribution is 2.10. The summed E-state index contributed by atoms with van der Waals surface area (Å²) in [5, 5.41) is 13.7. The van der Waals surface area contributed by atoms with Gasteiger partial charge in [-0.2, -0.15) is 0 Å². The van der Waals surface area contributed by atoms with Crippen LogP contribution in [0.3, 0.4) is 0 Å². The fourth-order valence-electron chi connectivity index (χ4n) is 2.20. The first kappa shape index (κ1) is 14.9. The molecule has 0 unspecified atom stereocenters. The van der Waals surface area contributed by atoms with E-state index in [0.717, 1.165) is 37.3 Å². The molecule has 1 aliphatic heterocycles. The van der Waals surface area contributed by atoms with E-state index >= 15 is 0 Å². The van der Waals surface area contributed by atoms with Crippen molar-refractivity contribution in [1.82, 2.24) is 15.2 Å². The zero-order valence-electron chi connectivity index (χ0n) is 11.3. The Balaban J connectivity index is 1.65. The molecule has 2 heterocycles. The van der Waals surface area contributed by atoms with Crippen LogP contribution in [-0.2, 0) is 11.3 Å². The molecule has 2 rings (SSSR count). The first-order valence-electron chi connectivity index (χ1n) is 6.83. The molecule has 0 saturated carbocycles. The summed E-state index contributed by atoms with van der Waals surface area (Å²) in [5.74, 6) is -0.803. The standard InChI is InChI=1S/C13H19N3O3S/c17-11(16-6-2-1-3-7-16)4-5-14-8-10-9-20-12(15-10)13(18)19/h9,14H,1-8H2,(H,18,19). The van der Waals surface area contributed by atoms with Crippen LogP contribution in [0.25, 0.3) is 0 Å². The lowest BCUT2D eigenvalue weighted by Crippen LogP contribution is -2.37. The summed E-state index contributed by atoms with van der Waals surface area (Å²) >= 11 is 1.12. The quantitative estimate of drug-likeness (QED) is 0.774. The molecule has 20 heavy (non-hydrogen) atoms. The van der Waals surface area contributed by atoms with E-state index in [1.54, 1.807) is 5.38 Å². The molecular weight excluding hydrogens is 278 g/mol. The Morgan fingerprint density at radius 1 is 1.35 bits per heavy atom. The SMILES string of the molecule is O=C(O)c1nc(CNCCC(=O)N2CCCCC2)cs1. The fourth-order valence-corrected chi connectivity index (χ4v) is 2.85. The molecule has 0 aliphatic carbocycles. The van der Waals surface area contributed by atoms with E-state index in [1.807, 2.05) is 4.90 Å². The fraction of sp³-hybridized carbons (Fsp3) is 0.615. The molecule has 0 bridgehead atoms. The van der Waals surface area contributed by atoms with Crippen LogP contribution in [0.5, 0.6) is 0 Å². The molecule has 1 saturated heterocycles. The number of nitrogens with zero attached hydrogens (tertiary/aromatic N) is 2. The molecule has 1 aromatic rings. The van der Waals surface area contributed by atoms with Crippen molar-refractivity contribution in [1.29, 1.82) is 0 Å². The average molecular weight is 297 g/mol. The molecule has 6 nitrogen and oxygen atoms in total. The van der Waals surface area contributed by atoms with Crippen LogP contribution >= 0.6 is 11.3 Å². The Morgan fingerprint density at radius 2 is 2.10 bits per heavy atom. The summed E-state index contributed by atoms with van der Waals surface area (Å²) in [7, 11) is 0. The predicted octanol–water partition coefficient (Wildman–Crippen LogP) is 1.33. The Hall–Kier alpha value is -1.47. The monoisotopic (exact) mass is 297 g/mol. The predicted molar refractivity (Wildman–Crippen MR) is 75.8 cm³/mol. The highest BCUT2D eigenvalue weighted by atomic mass is 32.1. The highest BCUT2D eigenvalue weighted by Gasteiger charge is 2.15. The molecule has 1 amide bonds. The number of aromatic carboxylic acids is 1. The number of hydrogen-bond donors (Lipinski definition) is 2. The number of carboxylic acids is 1. The number of carbonyl (C=O) groups excluding carboxylic acids is 1. The molecule has 110 valence electrons. The lowest BCUT2D eigenvalue weighted by molar-refractivity contribution is -0.131. The molecule has 2 N–H and O–H groups in total. The molecule has 0 spiro atoms. The molecule has 1 fully saturated rings. The largest absolute Gasteiger partial charge is 0.476 e. The van der Waals surface area contributed by atoms with Crippen molar-refractivity contribution in [3.63, 3.8) is 0 Å². The Kier molecular flexibility index (Phi) is 5.49. The van der Waals surface area contributed by atoms with Crippen molar-refractivity contribution in [3.05, 3.63) is 16.1 Å². The third-order valence-electron chi connectivity index (χ3n) is 3.27. The number of aromatic nitrogens is 1. The summed E-state index contributed by atoms with van der Waals surface area (Å²) < 4.78 is 0. The van der Waals surface area contributed by atoms with Gasteiger partial charge in [-0.15, -0.1) is 11.3 Å². The van der Waals surface area contributed by atoms with Crippen molar-refractivity contribution in [2.45, 2.75) is 32.2 Å². The van der Waals surface area contributed by atoms with Gasteiger partial charge in [0.2, 0.25) is 10.9 Å². The second-order valence-corrected chi connectivity index (χ2v) is 5.68. The van der Waals surface area contributed by atoms with Crippen molar-refractivity contribution in [3.8, 4) is 0 Å². The first-order chi connectivity index (χ1) is 9.66. The number of thiazole rings is 1. The van der Waals surface area contributed by atoms with Gasteiger partial charge >= 0.3 is 5.97 Å². The molecule has 0 radical (unpaired) electrons. The van der Waals surface area contributed by atoms with Gasteiger partial charge in [-0.3, -0.25) is 4.79 Å². The normalized spacial score (nSPS) is 15.3. The topological polar surface area (TPSA) is 82.5 Å². The zero-order chi connectivity index (χ0) is 14.4. The van der Waals surface area contributed by atoms with E-state index in [-0.39, 0.29) is 10.9 Å². The van der Waals surface area contributed by atoms with Crippen molar-refractivity contribution in [2.24, 2.45) is 0 Å². The van der Waals surface area contributed by atoms with Gasteiger partial charge < -0.3 is 15.3 Å². The first-order valence-corrected chi connectivity index (χ1v) is 7.71. The number of nitrogens with one attached hydrogen (secondary N) is 1. The lowest BCUT2D eigenvalue weighted by Gasteiger charge is -2.26. The van der Waals surface area contributed by atoms with Gasteiger partial charge in [0.1, 0.15) is 0 Å². The minimum Gasteiger partial charge on any atom is -0.476 e. The van der Waals surface area contributed by atoms with Crippen LogP contribution in [0, 0.1) is 0 Å². The second-order valence-electron chi connectivity index (χ2n) is 4.82. The second kappa shape index (κ2) is 7.35. The highest BCUT2D eigenvalue weighted by molar-refractivity contribution is 7.11. The van der Waals surface area contributed by atoms with Gasteiger partial charge in [-0.25, -0.2) is 9.78 Å². The summed E-state index contributed by atoms with van der Waals surface area (Å²) in [6.45, 7) is 2.85. The molecule has 0 atom stereocenters. The van der Waals surface area contributed by atoms with Crippen LogP contribution < -0.4 is 5.32 Å². The maximum absolute atomic E-state index is 11.9. The van der Waals surface area contributed by atoms with Gasteiger partial charge in [0.15, 0.2) is 0 Å². The number of hydrogen-bond acceptors (Lipinski definition) is 5. The number of amides is 1. The average Bonchev–Trinajstić information content (AvgIpc) is 2.93. The Bertz CT molecular complexity index is 469. The van der Waals surface area contributed by atoms with E-state index in [4.69, 9.17) is 5.11 Å². The number of carbonyl (C=O) groups is 2. The minimum atomic E-state index is -0.999. The van der Waals surface area contributed by atoms with Crippen molar-refractivity contribution >= 4 is 23.2 Å². The van der Waals surface area contributed by atoms with E-state index < -0.39 is 5.97 Å². The third kappa shape index (κ3) is 4.28. The summed E-state index contributed by atoms with van der Waals surface area (Å²) in [6.07, 6.45) is 3.92. The Morgan fingerprint density at radius 3 is 2.75 bits per heavy atom. The van der Waals surface area contributed by atoms with E-state index in [1.165, 1.54) is 6.42 Å². The van der Waals surface area contributed by atoms with E-state index in [0.29, 0.717) is 25.2 Å². The third-order valence-corrected chi connectivity index (χ3v) is 4.14. The van der Waals surface area contributed by atoms with Gasteiger partial charge in [0.05, 0.1) is 5.69 Å². The van der Waals surface area contributed by atoms with Gasteiger partial charge in [-0.1, -0.05) is 0 Å². The zero-order valence-corrected chi connectivity index (χ0v) is 12.1. The molecule has 7 heteroatoms. The Labute approximate surface area is 121 Å². The molecule has 1 aromatic heterocycles. The van der Waals surface area contributed by atoms with Gasteiger partial charge in [0, 0.05) is 38.0 Å². The number of likely N-dealkylation sites (tertiary alicyclic amines) is 1. The maximum Gasteiger partial charge on any atom is 0.365 e. The van der Waals surface area contributed by atoms with Gasteiger partial charge in [-0.05, 0) is 19.3 Å². The summed E-state index contributed by atoms with van der Waals surface area (Å²) in [5.41, 5.74) is 0.706. The number of piperidine rings is 1. The van der Waals surface area contributed by atoms with Crippen LogP contribution in [0.4, 0.5) is 0 Å². The van der Waals surface area contributed by atoms with Crippen LogP contribution in [0.15, 0.2) is 5.38 Å². The van der Waals surface area contributed by atoms with E-state index in [9.17, 15) is 9.59 Å². The summed E-state index contributed by atoms with van der Waals surface area (Å²) in [4.78, 5) is 28.5. The minimum absolute atomic E-state index is 0.103. The van der Waals surface area contributed by atoms with Crippen molar-refractivity contribution in [2.75, 3.05) is 19.6 Å². The van der Waals surface area contributed by atoms with Crippen LogP contribution in [0.1, 0.15) is 41.2 Å². The number of rotatable bonds is 6. The molecule has 1 aliphatic rings.